The first-order chi connectivity index (χ1) is 9.34. The van der Waals surface area contributed by atoms with Gasteiger partial charge >= 0.3 is 0 Å². The molecule has 0 radical (unpaired) electrons. The van der Waals surface area contributed by atoms with E-state index in [2.05, 4.69) is 5.32 Å². The summed E-state index contributed by atoms with van der Waals surface area (Å²) in [5.41, 5.74) is 0.553. The molecule has 0 aliphatic carbocycles. The van der Waals surface area contributed by atoms with Crippen molar-refractivity contribution in [1.29, 1.82) is 0 Å². The lowest BCUT2D eigenvalue weighted by Gasteiger charge is -2.38. The number of nitrogens with one attached hydrogen (secondary N) is 1. The lowest BCUT2D eigenvalue weighted by Crippen LogP contribution is -2.48. The number of fused-ring (bicyclic) bond motifs is 1. The van der Waals surface area contributed by atoms with Crippen LogP contribution in [0.15, 0.2) is 47.1 Å². The second-order valence-electron chi connectivity index (χ2n) is 4.77. The van der Waals surface area contributed by atoms with E-state index in [-0.39, 0.29) is 6.61 Å². The average Bonchev–Trinajstić information content (AvgIpc) is 2.98. The molecule has 0 saturated heterocycles. The van der Waals surface area contributed by atoms with E-state index < -0.39 is 5.54 Å². The quantitative estimate of drug-likeness (QED) is 0.882. The van der Waals surface area contributed by atoms with Crippen LogP contribution in [-0.2, 0) is 12.1 Å². The van der Waals surface area contributed by atoms with Crippen LogP contribution in [0.1, 0.15) is 17.7 Å². The largest absolute Gasteiger partial charge is 0.493 e. The molecule has 1 aliphatic rings. The molecule has 19 heavy (non-hydrogen) atoms. The van der Waals surface area contributed by atoms with Crippen LogP contribution in [0.2, 0.25) is 0 Å². The SMILES string of the molecule is OC[C@]1(NCc2ccco2)CCOc2ccccc21. The number of hydrogen-bond donors (Lipinski definition) is 2. The molecule has 3 rings (SSSR count). The predicted octanol–water partition coefficient (Wildman–Crippen LogP) is 2.04. The second kappa shape index (κ2) is 5.07. The second-order valence-corrected chi connectivity index (χ2v) is 4.77. The van der Waals surface area contributed by atoms with Crippen molar-refractivity contribution in [2.24, 2.45) is 0 Å². The Morgan fingerprint density at radius 1 is 1.21 bits per heavy atom. The first-order valence-corrected chi connectivity index (χ1v) is 6.45. The Morgan fingerprint density at radius 2 is 2.11 bits per heavy atom. The molecule has 0 amide bonds. The van der Waals surface area contributed by atoms with Crippen molar-refractivity contribution in [3.8, 4) is 5.75 Å². The third kappa shape index (κ3) is 2.25. The summed E-state index contributed by atoms with van der Waals surface area (Å²) in [7, 11) is 0. The molecule has 1 aromatic carbocycles. The first kappa shape index (κ1) is 12.3. The van der Waals surface area contributed by atoms with Crippen molar-refractivity contribution >= 4 is 0 Å². The minimum absolute atomic E-state index is 0.0358. The van der Waals surface area contributed by atoms with Gasteiger partial charge in [-0.05, 0) is 18.2 Å². The molecule has 1 aromatic heterocycles. The number of ether oxygens (including phenoxy) is 1. The molecule has 0 unspecified atom stereocenters. The highest BCUT2D eigenvalue weighted by Gasteiger charge is 2.36. The van der Waals surface area contributed by atoms with Gasteiger partial charge in [-0.2, -0.15) is 0 Å². The Bertz CT molecular complexity index is 538. The van der Waals surface area contributed by atoms with Gasteiger partial charge in [-0.25, -0.2) is 0 Å². The Kier molecular flexibility index (Phi) is 3.27. The van der Waals surface area contributed by atoms with E-state index in [1.54, 1.807) is 6.26 Å². The molecule has 0 bridgehead atoms. The van der Waals surface area contributed by atoms with Gasteiger partial charge in [0, 0.05) is 12.0 Å². The molecule has 4 nitrogen and oxygen atoms in total. The number of aliphatic hydroxyl groups is 1. The lowest BCUT2D eigenvalue weighted by molar-refractivity contribution is 0.104. The van der Waals surface area contributed by atoms with Crippen LogP contribution in [0.25, 0.3) is 0 Å². The van der Waals surface area contributed by atoms with E-state index in [1.807, 2.05) is 36.4 Å². The fraction of sp³-hybridized carbons (Fsp3) is 0.333. The predicted molar refractivity (Wildman–Crippen MR) is 70.9 cm³/mol. The van der Waals surface area contributed by atoms with Crippen molar-refractivity contribution in [2.45, 2.75) is 18.5 Å². The summed E-state index contributed by atoms with van der Waals surface area (Å²) in [4.78, 5) is 0. The van der Waals surface area contributed by atoms with Gasteiger partial charge in [-0.1, -0.05) is 18.2 Å². The normalized spacial score (nSPS) is 21.7. The molecule has 0 saturated carbocycles. The summed E-state index contributed by atoms with van der Waals surface area (Å²) in [6, 6.07) is 11.6. The van der Waals surface area contributed by atoms with Gasteiger partial charge in [-0.3, -0.25) is 5.32 Å². The maximum Gasteiger partial charge on any atom is 0.124 e. The van der Waals surface area contributed by atoms with Crippen molar-refractivity contribution in [2.75, 3.05) is 13.2 Å². The van der Waals surface area contributed by atoms with E-state index in [0.29, 0.717) is 13.2 Å². The van der Waals surface area contributed by atoms with Crippen LogP contribution >= 0.6 is 0 Å². The highest BCUT2D eigenvalue weighted by molar-refractivity contribution is 5.41. The molecule has 0 fully saturated rings. The summed E-state index contributed by atoms with van der Waals surface area (Å²) < 4.78 is 11.0. The summed E-state index contributed by atoms with van der Waals surface area (Å²) in [5, 5.41) is 13.3. The molecule has 2 heterocycles. The van der Waals surface area contributed by atoms with E-state index in [1.165, 1.54) is 0 Å². The van der Waals surface area contributed by atoms with Crippen LogP contribution < -0.4 is 10.1 Å². The van der Waals surface area contributed by atoms with Crippen molar-refractivity contribution in [3.63, 3.8) is 0 Å². The number of para-hydroxylation sites is 1. The summed E-state index contributed by atoms with van der Waals surface area (Å²) in [5.74, 6) is 1.70. The monoisotopic (exact) mass is 259 g/mol. The van der Waals surface area contributed by atoms with E-state index in [9.17, 15) is 5.11 Å². The summed E-state index contributed by atoms with van der Waals surface area (Å²) in [6.07, 6.45) is 2.39. The Hall–Kier alpha value is -1.78. The number of benzene rings is 1. The van der Waals surface area contributed by atoms with Crippen LogP contribution in [0.5, 0.6) is 5.75 Å². The molecule has 2 aromatic rings. The van der Waals surface area contributed by atoms with Gasteiger partial charge in [0.1, 0.15) is 11.5 Å². The highest BCUT2D eigenvalue weighted by atomic mass is 16.5. The molecule has 1 atom stereocenters. The Balaban J connectivity index is 1.87. The highest BCUT2D eigenvalue weighted by Crippen LogP contribution is 2.36. The average molecular weight is 259 g/mol. The van der Waals surface area contributed by atoms with Crippen LogP contribution in [0.3, 0.4) is 0 Å². The third-order valence-corrected chi connectivity index (χ3v) is 3.64. The zero-order chi connectivity index (χ0) is 13.1. The van der Waals surface area contributed by atoms with Gasteiger partial charge in [-0.15, -0.1) is 0 Å². The zero-order valence-electron chi connectivity index (χ0n) is 10.6. The van der Waals surface area contributed by atoms with E-state index in [0.717, 1.165) is 23.5 Å². The maximum absolute atomic E-state index is 9.87. The van der Waals surface area contributed by atoms with Gasteiger partial charge < -0.3 is 14.3 Å². The molecular weight excluding hydrogens is 242 g/mol. The fourth-order valence-electron chi connectivity index (χ4n) is 2.53. The van der Waals surface area contributed by atoms with Gasteiger partial charge in [0.15, 0.2) is 0 Å². The van der Waals surface area contributed by atoms with Gasteiger partial charge in [0.2, 0.25) is 0 Å². The van der Waals surface area contributed by atoms with E-state index >= 15 is 0 Å². The van der Waals surface area contributed by atoms with Crippen molar-refractivity contribution in [1.82, 2.24) is 5.32 Å². The number of rotatable bonds is 4. The summed E-state index contributed by atoms with van der Waals surface area (Å²) >= 11 is 0. The smallest absolute Gasteiger partial charge is 0.124 e. The Morgan fingerprint density at radius 3 is 2.89 bits per heavy atom. The van der Waals surface area contributed by atoms with Gasteiger partial charge in [0.25, 0.3) is 0 Å². The van der Waals surface area contributed by atoms with Crippen LogP contribution in [-0.4, -0.2) is 18.3 Å². The number of furan rings is 1. The summed E-state index contributed by atoms with van der Waals surface area (Å²) in [6.45, 7) is 1.22. The minimum Gasteiger partial charge on any atom is -0.493 e. The third-order valence-electron chi connectivity index (χ3n) is 3.64. The molecule has 100 valence electrons. The topological polar surface area (TPSA) is 54.6 Å². The fourth-order valence-corrected chi connectivity index (χ4v) is 2.53. The maximum atomic E-state index is 9.87. The molecule has 0 spiro atoms. The Labute approximate surface area is 112 Å². The zero-order valence-corrected chi connectivity index (χ0v) is 10.6. The number of aliphatic hydroxyl groups excluding tert-OH is 1. The molecule has 2 N–H and O–H groups in total. The van der Waals surface area contributed by atoms with E-state index in [4.69, 9.17) is 9.15 Å². The molecule has 4 heteroatoms. The van der Waals surface area contributed by atoms with Gasteiger partial charge in [0.05, 0.1) is 31.6 Å². The van der Waals surface area contributed by atoms with Crippen molar-refractivity contribution in [3.05, 3.63) is 54.0 Å². The minimum atomic E-state index is -0.457. The lowest BCUT2D eigenvalue weighted by atomic mass is 9.85. The van der Waals surface area contributed by atoms with Crippen molar-refractivity contribution < 1.29 is 14.3 Å². The van der Waals surface area contributed by atoms with Crippen LogP contribution in [0, 0.1) is 0 Å². The molecule has 1 aliphatic heterocycles. The van der Waals surface area contributed by atoms with Crippen LogP contribution in [0.4, 0.5) is 0 Å². The molecular formula is C15H17NO3. The number of hydrogen-bond acceptors (Lipinski definition) is 4. The standard InChI is InChI=1S/C15H17NO3/c17-11-15(16-10-12-4-3-8-18-12)7-9-19-14-6-2-1-5-13(14)15/h1-6,8,16-17H,7,9-11H2/t15-/m1/s1. The first-order valence-electron chi connectivity index (χ1n) is 6.45.